The van der Waals surface area contributed by atoms with Gasteiger partial charge < -0.3 is 5.73 Å². The van der Waals surface area contributed by atoms with Gasteiger partial charge in [0, 0.05) is 6.04 Å². The molecule has 0 radical (unpaired) electrons. The molecule has 0 aliphatic carbocycles. The van der Waals surface area contributed by atoms with E-state index in [1.54, 1.807) is 0 Å². The summed E-state index contributed by atoms with van der Waals surface area (Å²) in [5.41, 5.74) is 10.5. The molecule has 0 spiro atoms. The summed E-state index contributed by atoms with van der Waals surface area (Å²) in [7, 11) is 0. The summed E-state index contributed by atoms with van der Waals surface area (Å²) in [5, 5.41) is 0. The van der Waals surface area contributed by atoms with Crippen molar-refractivity contribution in [3.63, 3.8) is 0 Å². The topological polar surface area (TPSA) is 26.0 Å². The second-order valence-corrected chi connectivity index (χ2v) is 7.93. The van der Waals surface area contributed by atoms with Crippen LogP contribution >= 0.6 is 0 Å². The lowest BCUT2D eigenvalue weighted by Gasteiger charge is -2.16. The van der Waals surface area contributed by atoms with Crippen LogP contribution in [0.5, 0.6) is 0 Å². The molecule has 0 aliphatic rings. The summed E-state index contributed by atoms with van der Waals surface area (Å²) < 4.78 is 0. The molecule has 0 saturated carbocycles. The number of rotatable bonds is 15. The molecule has 1 unspecified atom stereocenters. The highest BCUT2D eigenvalue weighted by atomic mass is 14.6. The van der Waals surface area contributed by atoms with Gasteiger partial charge in [-0.2, -0.15) is 0 Å². The third kappa shape index (κ3) is 10.0. The van der Waals surface area contributed by atoms with Gasteiger partial charge in [0.2, 0.25) is 0 Å². The largest absolute Gasteiger partial charge is 0.324 e. The lowest BCUT2D eigenvalue weighted by Crippen LogP contribution is -2.12. The zero-order valence-electron chi connectivity index (χ0n) is 17.3. The fraction of sp³-hybridized carbons (Fsp3) is 0.750. The monoisotopic (exact) mass is 345 g/mol. The van der Waals surface area contributed by atoms with E-state index in [1.807, 2.05) is 0 Å². The summed E-state index contributed by atoms with van der Waals surface area (Å²) in [6.07, 6.45) is 19.4. The van der Waals surface area contributed by atoms with Gasteiger partial charge in [-0.3, -0.25) is 0 Å². The first-order valence-corrected chi connectivity index (χ1v) is 11.0. The highest BCUT2D eigenvalue weighted by Crippen LogP contribution is 2.23. The number of benzene rings is 1. The normalized spacial score (nSPS) is 12.5. The molecule has 0 fully saturated rings. The van der Waals surface area contributed by atoms with E-state index >= 15 is 0 Å². The van der Waals surface area contributed by atoms with Crippen LogP contribution in [0.15, 0.2) is 18.2 Å². The van der Waals surface area contributed by atoms with E-state index in [0.29, 0.717) is 0 Å². The van der Waals surface area contributed by atoms with Crippen LogP contribution in [0.4, 0.5) is 0 Å². The van der Waals surface area contributed by atoms with Gasteiger partial charge in [0.15, 0.2) is 0 Å². The quantitative estimate of drug-likeness (QED) is 0.323. The Labute approximate surface area is 157 Å². The maximum atomic E-state index is 6.40. The third-order valence-electron chi connectivity index (χ3n) is 5.66. The Morgan fingerprint density at radius 3 is 1.72 bits per heavy atom. The standard InChI is InChI=1S/C24H43N/c1-4-5-6-7-8-9-10-11-12-13-14-15-16-20-24(25)23-19-17-18-21(2)22(23)3/h17-19,24H,4-16,20,25H2,1-3H3. The fourth-order valence-electron chi connectivity index (χ4n) is 3.71. The lowest BCUT2D eigenvalue weighted by atomic mass is 9.94. The number of unbranched alkanes of at least 4 members (excludes halogenated alkanes) is 12. The summed E-state index contributed by atoms with van der Waals surface area (Å²) in [6, 6.07) is 6.74. The maximum absolute atomic E-state index is 6.40. The van der Waals surface area contributed by atoms with Gasteiger partial charge in [0.1, 0.15) is 0 Å². The Bertz CT molecular complexity index is 438. The minimum absolute atomic E-state index is 0.215. The molecule has 1 nitrogen and oxygen atoms in total. The Balaban J connectivity index is 1.94. The summed E-state index contributed by atoms with van der Waals surface area (Å²) >= 11 is 0. The predicted octanol–water partition coefficient (Wildman–Crippen LogP) is 7.78. The second-order valence-electron chi connectivity index (χ2n) is 7.93. The van der Waals surface area contributed by atoms with E-state index in [9.17, 15) is 0 Å². The molecule has 0 heterocycles. The van der Waals surface area contributed by atoms with Crippen LogP contribution in [0, 0.1) is 13.8 Å². The predicted molar refractivity (Wildman–Crippen MR) is 113 cm³/mol. The number of nitrogens with two attached hydrogens (primary N) is 1. The third-order valence-corrected chi connectivity index (χ3v) is 5.66. The average molecular weight is 346 g/mol. The number of hydrogen-bond donors (Lipinski definition) is 1. The molecule has 25 heavy (non-hydrogen) atoms. The maximum Gasteiger partial charge on any atom is 0.0297 e. The van der Waals surface area contributed by atoms with Gasteiger partial charge in [-0.25, -0.2) is 0 Å². The van der Waals surface area contributed by atoms with Crippen LogP contribution < -0.4 is 5.73 Å². The van der Waals surface area contributed by atoms with Crippen molar-refractivity contribution in [2.24, 2.45) is 5.73 Å². The Morgan fingerprint density at radius 2 is 1.20 bits per heavy atom. The van der Waals surface area contributed by atoms with Crippen molar-refractivity contribution in [2.75, 3.05) is 0 Å². The van der Waals surface area contributed by atoms with Gasteiger partial charge in [-0.1, -0.05) is 109 Å². The van der Waals surface area contributed by atoms with E-state index in [1.165, 1.54) is 100 Å². The Morgan fingerprint density at radius 1 is 0.720 bits per heavy atom. The van der Waals surface area contributed by atoms with Crippen LogP contribution in [0.1, 0.15) is 120 Å². The van der Waals surface area contributed by atoms with E-state index < -0.39 is 0 Å². The van der Waals surface area contributed by atoms with Crippen molar-refractivity contribution in [3.05, 3.63) is 34.9 Å². The first kappa shape index (κ1) is 22.2. The molecule has 2 N–H and O–H groups in total. The van der Waals surface area contributed by atoms with Crippen LogP contribution in [0.2, 0.25) is 0 Å². The molecule has 0 aromatic heterocycles. The summed E-state index contributed by atoms with van der Waals surface area (Å²) in [5.74, 6) is 0. The molecular weight excluding hydrogens is 302 g/mol. The van der Waals surface area contributed by atoms with Crippen molar-refractivity contribution in [3.8, 4) is 0 Å². The summed E-state index contributed by atoms with van der Waals surface area (Å²) in [4.78, 5) is 0. The van der Waals surface area contributed by atoms with Gasteiger partial charge in [-0.05, 0) is 37.0 Å². The fourth-order valence-corrected chi connectivity index (χ4v) is 3.71. The lowest BCUT2D eigenvalue weighted by molar-refractivity contribution is 0.522. The van der Waals surface area contributed by atoms with Gasteiger partial charge in [0.25, 0.3) is 0 Å². The highest BCUT2D eigenvalue weighted by molar-refractivity contribution is 5.35. The first-order chi connectivity index (χ1) is 12.2. The number of aryl methyl sites for hydroxylation is 1. The molecule has 144 valence electrons. The minimum Gasteiger partial charge on any atom is -0.324 e. The van der Waals surface area contributed by atoms with Crippen molar-refractivity contribution >= 4 is 0 Å². The van der Waals surface area contributed by atoms with Crippen LogP contribution in [-0.2, 0) is 0 Å². The zero-order valence-corrected chi connectivity index (χ0v) is 17.3. The molecule has 0 amide bonds. The molecular formula is C24H43N. The smallest absolute Gasteiger partial charge is 0.0297 e. The Kier molecular flexibility index (Phi) is 12.8. The van der Waals surface area contributed by atoms with Crippen molar-refractivity contribution in [1.29, 1.82) is 0 Å². The van der Waals surface area contributed by atoms with Crippen molar-refractivity contribution in [1.82, 2.24) is 0 Å². The highest BCUT2D eigenvalue weighted by Gasteiger charge is 2.09. The summed E-state index contributed by atoms with van der Waals surface area (Å²) in [6.45, 7) is 6.67. The van der Waals surface area contributed by atoms with Gasteiger partial charge >= 0.3 is 0 Å². The van der Waals surface area contributed by atoms with Crippen molar-refractivity contribution < 1.29 is 0 Å². The van der Waals surface area contributed by atoms with E-state index in [2.05, 4.69) is 39.0 Å². The molecule has 1 aromatic carbocycles. The van der Waals surface area contributed by atoms with E-state index in [-0.39, 0.29) is 6.04 Å². The van der Waals surface area contributed by atoms with Crippen LogP contribution in [0.25, 0.3) is 0 Å². The average Bonchev–Trinajstić information content (AvgIpc) is 2.61. The molecule has 0 aliphatic heterocycles. The SMILES string of the molecule is CCCCCCCCCCCCCCCC(N)c1cccc(C)c1C. The van der Waals surface area contributed by atoms with E-state index in [0.717, 1.165) is 6.42 Å². The van der Waals surface area contributed by atoms with Crippen LogP contribution in [0.3, 0.4) is 0 Å². The second kappa shape index (κ2) is 14.4. The van der Waals surface area contributed by atoms with Gasteiger partial charge in [-0.15, -0.1) is 0 Å². The minimum atomic E-state index is 0.215. The zero-order chi connectivity index (χ0) is 18.3. The van der Waals surface area contributed by atoms with Crippen LogP contribution in [-0.4, -0.2) is 0 Å². The first-order valence-electron chi connectivity index (χ1n) is 11.0. The Hall–Kier alpha value is -0.820. The number of hydrogen-bond acceptors (Lipinski definition) is 1. The molecule has 0 bridgehead atoms. The molecule has 1 aromatic rings. The molecule has 1 rings (SSSR count). The molecule has 1 atom stereocenters. The van der Waals surface area contributed by atoms with E-state index in [4.69, 9.17) is 5.73 Å². The molecule has 1 heteroatoms. The molecule has 0 saturated heterocycles. The van der Waals surface area contributed by atoms with Crippen molar-refractivity contribution in [2.45, 2.75) is 117 Å². The van der Waals surface area contributed by atoms with Gasteiger partial charge in [0.05, 0.1) is 0 Å².